The summed E-state index contributed by atoms with van der Waals surface area (Å²) in [5.41, 5.74) is -1.26. The smallest absolute Gasteiger partial charge is 0.329 e. The van der Waals surface area contributed by atoms with Gasteiger partial charge in [-0.2, -0.15) is 0 Å². The molecule has 0 aromatic carbocycles. The van der Waals surface area contributed by atoms with Gasteiger partial charge >= 0.3 is 12.0 Å². The number of aliphatic carboxylic acids is 1. The molecule has 0 aliphatic heterocycles. The van der Waals surface area contributed by atoms with Crippen molar-refractivity contribution in [3.63, 3.8) is 0 Å². The van der Waals surface area contributed by atoms with Gasteiger partial charge in [0.15, 0.2) is 0 Å². The number of carboxylic acids is 1. The van der Waals surface area contributed by atoms with Crippen LogP contribution in [-0.4, -0.2) is 40.1 Å². The highest BCUT2D eigenvalue weighted by Crippen LogP contribution is 2.14. The van der Waals surface area contributed by atoms with E-state index in [9.17, 15) is 9.59 Å². The molecule has 0 saturated carbocycles. The van der Waals surface area contributed by atoms with E-state index < -0.39 is 17.5 Å². The molecule has 1 unspecified atom stereocenters. The summed E-state index contributed by atoms with van der Waals surface area (Å²) in [5, 5.41) is 11.7. The molecule has 1 atom stereocenters. The SMILES string of the molecule is C#CC(CC)NC(=O)N(CC)C(C)(C)C(=O)O. The van der Waals surface area contributed by atoms with Gasteiger partial charge in [-0.25, -0.2) is 9.59 Å². The molecule has 0 aromatic rings. The standard InChI is InChI=1S/C12H20N2O3/c1-6-9(7-2)13-11(17)14(8-3)12(4,5)10(15)16/h1,9H,7-8H2,2-5H3,(H,13,17)(H,15,16). The zero-order valence-electron chi connectivity index (χ0n) is 10.8. The number of urea groups is 1. The van der Waals surface area contributed by atoms with Gasteiger partial charge in [-0.15, -0.1) is 6.42 Å². The average molecular weight is 240 g/mol. The summed E-state index contributed by atoms with van der Waals surface area (Å²) in [7, 11) is 0. The fourth-order valence-corrected chi connectivity index (χ4v) is 1.40. The lowest BCUT2D eigenvalue weighted by atomic mass is 10.0. The molecule has 17 heavy (non-hydrogen) atoms. The van der Waals surface area contributed by atoms with Crippen LogP contribution in [-0.2, 0) is 4.79 Å². The second kappa shape index (κ2) is 6.14. The van der Waals surface area contributed by atoms with Crippen molar-refractivity contribution in [1.82, 2.24) is 10.2 Å². The maximum absolute atomic E-state index is 11.9. The van der Waals surface area contributed by atoms with Crippen molar-refractivity contribution in [3.05, 3.63) is 0 Å². The lowest BCUT2D eigenvalue weighted by Crippen LogP contribution is -2.57. The molecule has 0 aliphatic carbocycles. The number of nitrogens with zero attached hydrogens (tertiary/aromatic N) is 1. The van der Waals surface area contributed by atoms with Crippen molar-refractivity contribution in [2.24, 2.45) is 0 Å². The van der Waals surface area contributed by atoms with Gasteiger partial charge in [-0.3, -0.25) is 0 Å². The fraction of sp³-hybridized carbons (Fsp3) is 0.667. The average Bonchev–Trinajstić information content (AvgIpc) is 2.26. The first-order valence-corrected chi connectivity index (χ1v) is 5.58. The summed E-state index contributed by atoms with van der Waals surface area (Å²) in [6.07, 6.45) is 5.85. The van der Waals surface area contributed by atoms with E-state index in [0.29, 0.717) is 13.0 Å². The molecule has 2 N–H and O–H groups in total. The highest BCUT2D eigenvalue weighted by Gasteiger charge is 2.37. The molecule has 5 nitrogen and oxygen atoms in total. The van der Waals surface area contributed by atoms with Gasteiger partial charge in [0.05, 0.1) is 6.04 Å². The zero-order valence-corrected chi connectivity index (χ0v) is 10.8. The highest BCUT2D eigenvalue weighted by atomic mass is 16.4. The third-order valence-corrected chi connectivity index (χ3v) is 2.67. The number of terminal acetylenes is 1. The van der Waals surface area contributed by atoms with Gasteiger partial charge < -0.3 is 15.3 Å². The first-order chi connectivity index (χ1) is 7.81. The van der Waals surface area contributed by atoms with E-state index in [4.69, 9.17) is 11.5 Å². The number of amides is 2. The Balaban J connectivity index is 4.86. The van der Waals surface area contributed by atoms with Crippen LogP contribution in [0.4, 0.5) is 4.79 Å². The first kappa shape index (κ1) is 15.3. The number of likely N-dealkylation sites (N-methyl/N-ethyl adjacent to an activating group) is 1. The second-order valence-corrected chi connectivity index (χ2v) is 4.19. The predicted octanol–water partition coefficient (Wildman–Crippen LogP) is 1.29. The van der Waals surface area contributed by atoms with Crippen molar-refractivity contribution >= 4 is 12.0 Å². The van der Waals surface area contributed by atoms with Gasteiger partial charge in [0.2, 0.25) is 0 Å². The Morgan fingerprint density at radius 2 is 2.00 bits per heavy atom. The quantitative estimate of drug-likeness (QED) is 0.711. The van der Waals surface area contributed by atoms with Crippen molar-refractivity contribution in [3.8, 4) is 12.3 Å². The topological polar surface area (TPSA) is 69.6 Å². The van der Waals surface area contributed by atoms with Gasteiger partial charge in [0.1, 0.15) is 5.54 Å². The van der Waals surface area contributed by atoms with E-state index in [0.717, 1.165) is 0 Å². The summed E-state index contributed by atoms with van der Waals surface area (Å²) in [6, 6.07) is -0.828. The molecule has 0 aliphatic rings. The zero-order chi connectivity index (χ0) is 13.6. The third-order valence-electron chi connectivity index (χ3n) is 2.67. The molecule has 0 aromatic heterocycles. The maximum Gasteiger partial charge on any atom is 0.329 e. The van der Waals surface area contributed by atoms with Crippen molar-refractivity contribution < 1.29 is 14.7 Å². The first-order valence-electron chi connectivity index (χ1n) is 5.58. The molecule has 2 amide bonds. The molecule has 0 spiro atoms. The van der Waals surface area contributed by atoms with Crippen LogP contribution >= 0.6 is 0 Å². The van der Waals surface area contributed by atoms with Crippen LogP contribution < -0.4 is 5.32 Å². The number of nitrogens with one attached hydrogen (secondary N) is 1. The van der Waals surface area contributed by atoms with E-state index in [1.165, 1.54) is 18.7 Å². The molecular formula is C12H20N2O3. The summed E-state index contributed by atoms with van der Waals surface area (Å²) in [6.45, 7) is 6.83. The van der Waals surface area contributed by atoms with Crippen LogP contribution in [0.2, 0.25) is 0 Å². The third kappa shape index (κ3) is 3.66. The number of carbonyl (C=O) groups is 2. The van der Waals surface area contributed by atoms with Gasteiger partial charge in [-0.05, 0) is 27.2 Å². The number of hydrogen-bond acceptors (Lipinski definition) is 2. The Hall–Kier alpha value is -1.70. The van der Waals surface area contributed by atoms with Crippen LogP contribution in [0.5, 0.6) is 0 Å². The Kier molecular flexibility index (Phi) is 5.52. The number of carbonyl (C=O) groups excluding carboxylic acids is 1. The summed E-state index contributed by atoms with van der Waals surface area (Å²) in [5.74, 6) is 1.38. The van der Waals surface area contributed by atoms with Gasteiger partial charge in [-0.1, -0.05) is 12.8 Å². The molecule has 0 bridgehead atoms. The minimum absolute atomic E-state index is 0.298. The normalized spacial score (nSPS) is 12.4. The lowest BCUT2D eigenvalue weighted by molar-refractivity contribution is -0.147. The van der Waals surface area contributed by atoms with Crippen LogP contribution in [0.25, 0.3) is 0 Å². The minimum Gasteiger partial charge on any atom is -0.480 e. The second-order valence-electron chi connectivity index (χ2n) is 4.19. The Bertz CT molecular complexity index is 331. The molecule has 0 saturated heterocycles. The molecule has 0 rings (SSSR count). The van der Waals surface area contributed by atoms with E-state index >= 15 is 0 Å². The molecule has 96 valence electrons. The van der Waals surface area contributed by atoms with E-state index in [-0.39, 0.29) is 6.04 Å². The molecule has 0 heterocycles. The summed E-state index contributed by atoms with van der Waals surface area (Å²) < 4.78 is 0. The van der Waals surface area contributed by atoms with E-state index in [1.54, 1.807) is 6.92 Å². The van der Waals surface area contributed by atoms with E-state index in [1.807, 2.05) is 6.92 Å². The summed E-state index contributed by atoms with van der Waals surface area (Å²) in [4.78, 5) is 24.2. The largest absolute Gasteiger partial charge is 0.480 e. The Labute approximate surface area is 102 Å². The number of carboxylic acid groups (broad SMARTS) is 1. The van der Waals surface area contributed by atoms with Gasteiger partial charge in [0.25, 0.3) is 0 Å². The molecular weight excluding hydrogens is 220 g/mol. The summed E-state index contributed by atoms with van der Waals surface area (Å²) >= 11 is 0. The van der Waals surface area contributed by atoms with Crippen LogP contribution in [0.3, 0.4) is 0 Å². The Morgan fingerprint density at radius 3 is 2.29 bits per heavy atom. The predicted molar refractivity (Wildman–Crippen MR) is 65.5 cm³/mol. The van der Waals surface area contributed by atoms with Crippen molar-refractivity contribution in [1.29, 1.82) is 0 Å². The molecule has 0 fully saturated rings. The number of hydrogen-bond donors (Lipinski definition) is 2. The highest BCUT2D eigenvalue weighted by molar-refractivity contribution is 5.85. The van der Waals surface area contributed by atoms with Crippen molar-refractivity contribution in [2.75, 3.05) is 6.54 Å². The Morgan fingerprint density at radius 1 is 1.47 bits per heavy atom. The van der Waals surface area contributed by atoms with E-state index in [2.05, 4.69) is 11.2 Å². The monoisotopic (exact) mass is 240 g/mol. The van der Waals surface area contributed by atoms with Crippen molar-refractivity contribution in [2.45, 2.75) is 45.7 Å². The van der Waals surface area contributed by atoms with Crippen LogP contribution in [0.15, 0.2) is 0 Å². The fourth-order valence-electron chi connectivity index (χ4n) is 1.40. The maximum atomic E-state index is 11.9. The molecule has 5 heteroatoms. The molecule has 0 radical (unpaired) electrons. The number of rotatable bonds is 5. The van der Waals surface area contributed by atoms with Gasteiger partial charge in [0, 0.05) is 6.54 Å². The van der Waals surface area contributed by atoms with Crippen LogP contribution in [0, 0.1) is 12.3 Å². The van der Waals surface area contributed by atoms with Crippen LogP contribution in [0.1, 0.15) is 34.1 Å². The minimum atomic E-state index is -1.26. The lowest BCUT2D eigenvalue weighted by Gasteiger charge is -2.34.